The van der Waals surface area contributed by atoms with Gasteiger partial charge >= 0.3 is 0 Å². The van der Waals surface area contributed by atoms with E-state index in [1.165, 1.54) is 35.2 Å². The molecule has 0 aliphatic carbocycles. The van der Waals surface area contributed by atoms with Crippen LogP contribution in [0.1, 0.15) is 44.7 Å². The van der Waals surface area contributed by atoms with Gasteiger partial charge in [0.15, 0.2) is 0 Å². The van der Waals surface area contributed by atoms with E-state index in [0.29, 0.717) is 0 Å². The molecule has 0 aromatic heterocycles. The quantitative estimate of drug-likeness (QED) is 0.605. The predicted octanol–water partition coefficient (Wildman–Crippen LogP) is 6.01. The van der Waals surface area contributed by atoms with Crippen LogP contribution in [0.2, 0.25) is 0 Å². The van der Waals surface area contributed by atoms with Crippen molar-refractivity contribution in [2.75, 3.05) is 18.5 Å². The first-order valence-electron chi connectivity index (χ1n) is 8.73. The highest BCUT2D eigenvalue weighted by molar-refractivity contribution is 5.86. The monoisotopic (exact) mass is 307 g/mol. The van der Waals surface area contributed by atoms with Crippen LogP contribution in [0.3, 0.4) is 0 Å². The Kier molecular flexibility index (Phi) is 6.46. The van der Waals surface area contributed by atoms with Crippen LogP contribution in [0.15, 0.2) is 60.7 Å². The van der Waals surface area contributed by atoms with Gasteiger partial charge in [-0.15, -0.1) is 0 Å². The number of rotatable bonds is 7. The summed E-state index contributed by atoms with van der Waals surface area (Å²) in [5.41, 5.74) is 5.21. The molecular formula is C22H29N. The number of hydrogen-bond donors (Lipinski definition) is 0. The third kappa shape index (κ3) is 4.25. The minimum Gasteiger partial charge on any atom is -0.374 e. The SMILES string of the molecule is C/C=C(/c1ccccc1)c1ccccc1N(C)CC(CC)CC. The lowest BCUT2D eigenvalue weighted by atomic mass is 9.95. The Morgan fingerprint density at radius 1 is 0.957 bits per heavy atom. The molecule has 0 saturated heterocycles. The molecule has 2 aromatic carbocycles. The van der Waals surface area contributed by atoms with Gasteiger partial charge in [0, 0.05) is 24.8 Å². The van der Waals surface area contributed by atoms with E-state index in [9.17, 15) is 0 Å². The zero-order valence-electron chi connectivity index (χ0n) is 14.9. The maximum Gasteiger partial charge on any atom is 0.0443 e. The number of nitrogens with zero attached hydrogens (tertiary/aromatic N) is 1. The van der Waals surface area contributed by atoms with Crippen LogP contribution in [0.4, 0.5) is 5.69 Å². The summed E-state index contributed by atoms with van der Waals surface area (Å²) in [6, 6.07) is 19.4. The molecule has 0 atom stereocenters. The number of allylic oxidation sites excluding steroid dienone is 1. The molecule has 0 aliphatic rings. The second-order valence-electron chi connectivity index (χ2n) is 6.15. The van der Waals surface area contributed by atoms with E-state index in [-0.39, 0.29) is 0 Å². The highest BCUT2D eigenvalue weighted by atomic mass is 15.1. The fourth-order valence-electron chi connectivity index (χ4n) is 3.16. The summed E-state index contributed by atoms with van der Waals surface area (Å²) >= 11 is 0. The molecule has 0 saturated carbocycles. The highest BCUT2D eigenvalue weighted by Crippen LogP contribution is 2.31. The number of benzene rings is 2. The van der Waals surface area contributed by atoms with Crippen molar-refractivity contribution in [1.82, 2.24) is 0 Å². The summed E-state index contributed by atoms with van der Waals surface area (Å²) in [5, 5.41) is 0. The summed E-state index contributed by atoms with van der Waals surface area (Å²) in [6.07, 6.45) is 4.69. The van der Waals surface area contributed by atoms with Crippen molar-refractivity contribution >= 4 is 11.3 Å². The molecule has 0 bridgehead atoms. The first-order chi connectivity index (χ1) is 11.2. The summed E-state index contributed by atoms with van der Waals surface area (Å²) < 4.78 is 0. The molecule has 0 amide bonds. The van der Waals surface area contributed by atoms with Gasteiger partial charge in [-0.25, -0.2) is 0 Å². The fraction of sp³-hybridized carbons (Fsp3) is 0.364. The van der Waals surface area contributed by atoms with Crippen molar-refractivity contribution in [1.29, 1.82) is 0 Å². The molecule has 2 aromatic rings. The second kappa shape index (κ2) is 8.57. The molecule has 0 unspecified atom stereocenters. The minimum absolute atomic E-state index is 0.749. The molecule has 0 fully saturated rings. The zero-order chi connectivity index (χ0) is 16.7. The lowest BCUT2D eigenvalue weighted by molar-refractivity contribution is 0.494. The minimum atomic E-state index is 0.749. The van der Waals surface area contributed by atoms with Gasteiger partial charge in [0.2, 0.25) is 0 Å². The molecule has 0 aliphatic heterocycles. The number of anilines is 1. The summed E-state index contributed by atoms with van der Waals surface area (Å²) in [7, 11) is 2.22. The largest absolute Gasteiger partial charge is 0.374 e. The Hall–Kier alpha value is -2.02. The Labute approximate surface area is 141 Å². The molecule has 0 heterocycles. The molecule has 0 radical (unpaired) electrons. The van der Waals surface area contributed by atoms with Crippen LogP contribution < -0.4 is 4.90 Å². The van der Waals surface area contributed by atoms with Crippen molar-refractivity contribution in [3.05, 3.63) is 71.8 Å². The van der Waals surface area contributed by atoms with Crippen molar-refractivity contribution in [3.63, 3.8) is 0 Å². The second-order valence-corrected chi connectivity index (χ2v) is 6.15. The zero-order valence-corrected chi connectivity index (χ0v) is 14.9. The van der Waals surface area contributed by atoms with Crippen molar-refractivity contribution in [3.8, 4) is 0 Å². The van der Waals surface area contributed by atoms with E-state index < -0.39 is 0 Å². The maximum absolute atomic E-state index is 2.42. The van der Waals surface area contributed by atoms with Crippen molar-refractivity contribution in [2.24, 2.45) is 5.92 Å². The lowest BCUT2D eigenvalue weighted by Gasteiger charge is -2.27. The molecule has 23 heavy (non-hydrogen) atoms. The van der Waals surface area contributed by atoms with Gasteiger partial charge in [0.1, 0.15) is 0 Å². The third-order valence-corrected chi connectivity index (χ3v) is 4.67. The molecule has 2 rings (SSSR count). The average Bonchev–Trinajstić information content (AvgIpc) is 2.61. The smallest absolute Gasteiger partial charge is 0.0443 e. The van der Waals surface area contributed by atoms with Gasteiger partial charge in [-0.05, 0) is 30.0 Å². The van der Waals surface area contributed by atoms with Crippen molar-refractivity contribution < 1.29 is 0 Å². The van der Waals surface area contributed by atoms with Gasteiger partial charge < -0.3 is 4.90 Å². The van der Waals surface area contributed by atoms with Crippen molar-refractivity contribution in [2.45, 2.75) is 33.6 Å². The van der Waals surface area contributed by atoms with E-state index >= 15 is 0 Å². The summed E-state index contributed by atoms with van der Waals surface area (Å²) in [4.78, 5) is 2.42. The van der Waals surface area contributed by atoms with Gasteiger partial charge in [-0.3, -0.25) is 0 Å². The number of para-hydroxylation sites is 1. The van der Waals surface area contributed by atoms with E-state index in [4.69, 9.17) is 0 Å². The average molecular weight is 307 g/mol. The lowest BCUT2D eigenvalue weighted by Crippen LogP contribution is -2.25. The summed E-state index contributed by atoms with van der Waals surface area (Å²) in [5.74, 6) is 0.749. The number of hydrogen-bond acceptors (Lipinski definition) is 1. The topological polar surface area (TPSA) is 3.24 Å². The first kappa shape index (κ1) is 17.3. The molecule has 122 valence electrons. The van der Waals surface area contributed by atoms with E-state index in [1.54, 1.807) is 0 Å². The van der Waals surface area contributed by atoms with Crippen LogP contribution in [0, 0.1) is 5.92 Å². The van der Waals surface area contributed by atoms with Gasteiger partial charge in [-0.1, -0.05) is 81.3 Å². The van der Waals surface area contributed by atoms with Crippen LogP contribution >= 0.6 is 0 Å². The van der Waals surface area contributed by atoms with Crippen LogP contribution in [-0.2, 0) is 0 Å². The Balaban J connectivity index is 2.37. The van der Waals surface area contributed by atoms with E-state index in [2.05, 4.69) is 93.4 Å². The van der Waals surface area contributed by atoms with Gasteiger partial charge in [0.05, 0.1) is 0 Å². The van der Waals surface area contributed by atoms with Crippen LogP contribution in [-0.4, -0.2) is 13.6 Å². The Bertz CT molecular complexity index is 623. The maximum atomic E-state index is 2.42. The Morgan fingerprint density at radius 3 is 2.17 bits per heavy atom. The highest BCUT2D eigenvalue weighted by Gasteiger charge is 2.14. The van der Waals surface area contributed by atoms with E-state index in [0.717, 1.165) is 12.5 Å². The molecule has 1 nitrogen and oxygen atoms in total. The fourth-order valence-corrected chi connectivity index (χ4v) is 3.16. The Morgan fingerprint density at radius 2 is 1.57 bits per heavy atom. The standard InChI is InChI=1S/C22H29N/c1-5-18(6-2)17-23(4)22-16-12-11-15-21(22)20(7-3)19-13-9-8-10-14-19/h7-16,18H,5-6,17H2,1-4H3/b20-7-. The molecule has 0 spiro atoms. The molecule has 0 N–H and O–H groups in total. The van der Waals surface area contributed by atoms with Gasteiger partial charge in [0.25, 0.3) is 0 Å². The van der Waals surface area contributed by atoms with E-state index in [1.807, 2.05) is 0 Å². The third-order valence-electron chi connectivity index (χ3n) is 4.67. The molecular weight excluding hydrogens is 278 g/mol. The van der Waals surface area contributed by atoms with Crippen LogP contribution in [0.5, 0.6) is 0 Å². The normalized spacial score (nSPS) is 11.8. The molecule has 1 heteroatoms. The van der Waals surface area contributed by atoms with Gasteiger partial charge in [-0.2, -0.15) is 0 Å². The summed E-state index contributed by atoms with van der Waals surface area (Å²) in [6.45, 7) is 7.81. The predicted molar refractivity (Wildman–Crippen MR) is 103 cm³/mol. The van der Waals surface area contributed by atoms with Crippen LogP contribution in [0.25, 0.3) is 5.57 Å². The first-order valence-corrected chi connectivity index (χ1v) is 8.73.